The van der Waals surface area contributed by atoms with Crippen molar-refractivity contribution in [3.8, 4) is 5.75 Å². The van der Waals surface area contributed by atoms with Crippen molar-refractivity contribution in [2.24, 2.45) is 0 Å². The molecule has 7 heteroatoms. The number of carbonyl (C=O) groups is 1. The number of anilines is 1. The van der Waals surface area contributed by atoms with Gasteiger partial charge in [0.1, 0.15) is 5.75 Å². The van der Waals surface area contributed by atoms with Gasteiger partial charge in [0.15, 0.2) is 6.61 Å². The average molecular weight is 328 g/mol. The molecule has 0 fully saturated rings. The molecule has 1 rings (SSSR count). The highest BCUT2D eigenvalue weighted by atomic mass is 32.2. The van der Waals surface area contributed by atoms with Crippen molar-refractivity contribution >= 4 is 21.6 Å². The molecule has 0 spiro atoms. The molecule has 0 aliphatic rings. The molecule has 0 unspecified atom stereocenters. The zero-order chi connectivity index (χ0) is 17.0. The van der Waals surface area contributed by atoms with Crippen LogP contribution < -0.4 is 14.4 Å². The first-order valence-corrected chi connectivity index (χ1v) is 8.88. The van der Waals surface area contributed by atoms with Crippen molar-refractivity contribution < 1.29 is 17.9 Å². The first-order valence-electron chi connectivity index (χ1n) is 7.03. The maximum atomic E-state index is 11.8. The molecule has 6 nitrogen and oxygen atoms in total. The maximum absolute atomic E-state index is 11.8. The second kappa shape index (κ2) is 7.00. The number of carbonyl (C=O) groups excluding carboxylic acids is 1. The lowest BCUT2D eigenvalue weighted by molar-refractivity contribution is -0.124. The standard InChI is InChI=1S/C15H24N2O4S/c1-6-15(2,3)16-14(18)11-21-13-9-7-12(8-10-13)17(4)22(5,19)20/h7-10H,6,11H2,1-5H3,(H,16,18). The van der Waals surface area contributed by atoms with Crippen LogP contribution in [-0.2, 0) is 14.8 Å². The fourth-order valence-corrected chi connectivity index (χ4v) is 2.10. The van der Waals surface area contributed by atoms with E-state index >= 15 is 0 Å². The number of nitrogens with one attached hydrogen (secondary N) is 1. The minimum absolute atomic E-state index is 0.0787. The van der Waals surface area contributed by atoms with Crippen LogP contribution in [0.2, 0.25) is 0 Å². The van der Waals surface area contributed by atoms with Crippen molar-refractivity contribution in [1.29, 1.82) is 0 Å². The summed E-state index contributed by atoms with van der Waals surface area (Å²) in [5, 5.41) is 2.87. The molecule has 0 aromatic heterocycles. The van der Waals surface area contributed by atoms with Gasteiger partial charge in [0, 0.05) is 12.6 Å². The molecule has 0 bridgehead atoms. The molecular formula is C15H24N2O4S. The molecular weight excluding hydrogens is 304 g/mol. The summed E-state index contributed by atoms with van der Waals surface area (Å²) in [4.78, 5) is 11.8. The topological polar surface area (TPSA) is 75.7 Å². The van der Waals surface area contributed by atoms with E-state index in [0.717, 1.165) is 12.7 Å². The minimum atomic E-state index is -3.29. The van der Waals surface area contributed by atoms with Crippen LogP contribution in [0.3, 0.4) is 0 Å². The van der Waals surface area contributed by atoms with Crippen LogP contribution in [0.5, 0.6) is 5.75 Å². The van der Waals surface area contributed by atoms with Crippen molar-refractivity contribution in [2.75, 3.05) is 24.2 Å². The van der Waals surface area contributed by atoms with Crippen LogP contribution in [0.1, 0.15) is 27.2 Å². The molecule has 1 N–H and O–H groups in total. The Balaban J connectivity index is 2.61. The Bertz CT molecular complexity index is 609. The summed E-state index contributed by atoms with van der Waals surface area (Å²) in [6, 6.07) is 6.53. The third-order valence-corrected chi connectivity index (χ3v) is 4.64. The number of amides is 1. The Hall–Kier alpha value is -1.76. The van der Waals surface area contributed by atoms with Crippen LogP contribution in [0.15, 0.2) is 24.3 Å². The van der Waals surface area contributed by atoms with Crippen molar-refractivity contribution in [3.05, 3.63) is 24.3 Å². The van der Waals surface area contributed by atoms with Crippen LogP contribution in [0.4, 0.5) is 5.69 Å². The smallest absolute Gasteiger partial charge is 0.258 e. The van der Waals surface area contributed by atoms with Crippen LogP contribution >= 0.6 is 0 Å². The maximum Gasteiger partial charge on any atom is 0.258 e. The summed E-state index contributed by atoms with van der Waals surface area (Å²) in [5.41, 5.74) is 0.272. The van der Waals surface area contributed by atoms with Gasteiger partial charge in [0.2, 0.25) is 10.0 Å². The normalized spacial score (nSPS) is 11.9. The molecule has 1 aromatic carbocycles. The molecule has 0 atom stereocenters. The number of ether oxygens (including phenoxy) is 1. The largest absolute Gasteiger partial charge is 0.484 e. The Morgan fingerprint density at radius 2 is 1.82 bits per heavy atom. The zero-order valence-electron chi connectivity index (χ0n) is 13.7. The molecule has 1 aromatic rings. The Morgan fingerprint density at radius 3 is 2.27 bits per heavy atom. The highest BCUT2D eigenvalue weighted by Gasteiger charge is 2.18. The first kappa shape index (κ1) is 18.3. The molecule has 0 heterocycles. The molecule has 0 aliphatic carbocycles. The van der Waals surface area contributed by atoms with E-state index in [2.05, 4.69) is 5.32 Å². The van der Waals surface area contributed by atoms with Gasteiger partial charge in [0.05, 0.1) is 11.9 Å². The lowest BCUT2D eigenvalue weighted by Crippen LogP contribution is -2.44. The number of nitrogens with zero attached hydrogens (tertiary/aromatic N) is 1. The van der Waals surface area contributed by atoms with Gasteiger partial charge in [-0.3, -0.25) is 9.10 Å². The second-order valence-electron chi connectivity index (χ2n) is 5.80. The van der Waals surface area contributed by atoms with Gasteiger partial charge < -0.3 is 10.1 Å². The number of benzene rings is 1. The van der Waals surface area contributed by atoms with E-state index in [1.807, 2.05) is 20.8 Å². The third kappa shape index (κ3) is 5.55. The quantitative estimate of drug-likeness (QED) is 0.827. The summed E-state index contributed by atoms with van der Waals surface area (Å²) in [6.07, 6.45) is 1.96. The van der Waals surface area contributed by atoms with Crippen LogP contribution in [0.25, 0.3) is 0 Å². The third-order valence-electron chi connectivity index (χ3n) is 3.43. The van der Waals surface area contributed by atoms with Gasteiger partial charge in [-0.15, -0.1) is 0 Å². The summed E-state index contributed by atoms with van der Waals surface area (Å²) < 4.78 is 29.4. The fourth-order valence-electron chi connectivity index (χ4n) is 1.59. The van der Waals surface area contributed by atoms with Crippen molar-refractivity contribution in [1.82, 2.24) is 5.32 Å². The number of hydrogen-bond acceptors (Lipinski definition) is 4. The monoisotopic (exact) mass is 328 g/mol. The summed E-state index contributed by atoms with van der Waals surface area (Å²) in [5.74, 6) is 0.319. The average Bonchev–Trinajstić information content (AvgIpc) is 2.43. The van der Waals surface area contributed by atoms with E-state index in [1.54, 1.807) is 24.3 Å². The van der Waals surface area contributed by atoms with Gasteiger partial charge in [0.25, 0.3) is 5.91 Å². The Kier molecular flexibility index (Phi) is 5.82. The van der Waals surface area contributed by atoms with Crippen LogP contribution in [-0.4, -0.2) is 39.8 Å². The zero-order valence-corrected chi connectivity index (χ0v) is 14.5. The van der Waals surface area contributed by atoms with E-state index in [1.165, 1.54) is 11.4 Å². The van der Waals surface area contributed by atoms with Gasteiger partial charge >= 0.3 is 0 Å². The van der Waals surface area contributed by atoms with E-state index in [4.69, 9.17) is 4.74 Å². The molecule has 0 aliphatic heterocycles. The molecule has 0 saturated heterocycles. The van der Waals surface area contributed by atoms with Gasteiger partial charge in [-0.2, -0.15) is 0 Å². The van der Waals surface area contributed by atoms with E-state index in [9.17, 15) is 13.2 Å². The first-order chi connectivity index (χ1) is 10.0. The highest BCUT2D eigenvalue weighted by molar-refractivity contribution is 7.92. The van der Waals surface area contributed by atoms with Crippen LogP contribution in [0, 0.1) is 0 Å². The van der Waals surface area contributed by atoms with Gasteiger partial charge in [-0.1, -0.05) is 6.92 Å². The Morgan fingerprint density at radius 1 is 1.27 bits per heavy atom. The number of sulfonamides is 1. The molecule has 124 valence electrons. The Labute approximate surface area is 132 Å². The van der Waals surface area contributed by atoms with Gasteiger partial charge in [-0.25, -0.2) is 8.42 Å². The lowest BCUT2D eigenvalue weighted by Gasteiger charge is -2.24. The van der Waals surface area contributed by atoms with E-state index in [-0.39, 0.29) is 18.1 Å². The predicted molar refractivity (Wildman–Crippen MR) is 87.7 cm³/mol. The fraction of sp³-hybridized carbons (Fsp3) is 0.533. The molecule has 0 saturated carbocycles. The summed E-state index contributed by atoms with van der Waals surface area (Å²) in [6.45, 7) is 5.81. The number of rotatable bonds is 7. The van der Waals surface area contributed by atoms with Crippen molar-refractivity contribution in [2.45, 2.75) is 32.7 Å². The number of hydrogen-bond donors (Lipinski definition) is 1. The van der Waals surface area contributed by atoms with Gasteiger partial charge in [-0.05, 0) is 44.5 Å². The SMILES string of the molecule is CCC(C)(C)NC(=O)COc1ccc(N(C)S(C)(=O)=O)cc1. The van der Waals surface area contributed by atoms with E-state index in [0.29, 0.717) is 11.4 Å². The minimum Gasteiger partial charge on any atom is -0.484 e. The molecule has 1 amide bonds. The summed E-state index contributed by atoms with van der Waals surface area (Å²) >= 11 is 0. The lowest BCUT2D eigenvalue weighted by atomic mass is 10.0. The second-order valence-corrected chi connectivity index (χ2v) is 7.81. The summed E-state index contributed by atoms with van der Waals surface area (Å²) in [7, 11) is -1.81. The van der Waals surface area contributed by atoms with E-state index < -0.39 is 10.0 Å². The van der Waals surface area contributed by atoms with Crippen molar-refractivity contribution in [3.63, 3.8) is 0 Å². The predicted octanol–water partition coefficient (Wildman–Crippen LogP) is 1.77. The highest BCUT2D eigenvalue weighted by Crippen LogP contribution is 2.20. The molecule has 0 radical (unpaired) electrons. The molecule has 22 heavy (non-hydrogen) atoms.